The molecule has 2 aromatic heterocycles. The van der Waals surface area contributed by atoms with Crippen molar-refractivity contribution in [3.63, 3.8) is 0 Å². The number of amides is 1. The van der Waals surface area contributed by atoms with Crippen molar-refractivity contribution in [2.75, 3.05) is 49.5 Å². The average Bonchev–Trinajstić information content (AvgIpc) is 3.13. The number of thiazole rings is 1. The Morgan fingerprint density at radius 1 is 1.17 bits per heavy atom. The van der Waals surface area contributed by atoms with Gasteiger partial charge in [0.2, 0.25) is 11.9 Å². The van der Waals surface area contributed by atoms with Crippen LogP contribution >= 0.6 is 27.3 Å². The van der Waals surface area contributed by atoms with E-state index in [0.29, 0.717) is 23.4 Å². The standard InChI is InChI=1S/C24H27BrN6O4S/c1-23(2,3)35-20(33)10-34-16-7-26-21(27-8-16)31-13-24(14-31)11-30(12-24)9-19(32)29-22-28-17-5-4-15(25)6-18(17)36-22/h4-8H,9-14H2,1-3H3,(H,28,29,32). The molecule has 36 heavy (non-hydrogen) atoms. The van der Waals surface area contributed by atoms with Crippen molar-refractivity contribution < 1.29 is 19.1 Å². The number of anilines is 2. The van der Waals surface area contributed by atoms with Crippen LogP contribution in [-0.4, -0.2) is 76.7 Å². The highest BCUT2D eigenvalue weighted by Crippen LogP contribution is 2.40. The van der Waals surface area contributed by atoms with E-state index in [0.717, 1.165) is 40.9 Å². The summed E-state index contributed by atoms with van der Waals surface area (Å²) in [5, 5.41) is 3.54. The normalized spacial score (nSPS) is 16.9. The van der Waals surface area contributed by atoms with E-state index in [1.807, 2.05) is 39.0 Å². The molecule has 10 nitrogen and oxygen atoms in total. The third-order valence-electron chi connectivity index (χ3n) is 5.81. The van der Waals surface area contributed by atoms with Gasteiger partial charge in [0.1, 0.15) is 5.60 Å². The zero-order valence-electron chi connectivity index (χ0n) is 20.3. The van der Waals surface area contributed by atoms with Crippen molar-refractivity contribution in [2.24, 2.45) is 5.41 Å². The van der Waals surface area contributed by atoms with Crippen molar-refractivity contribution in [3.8, 4) is 5.75 Å². The summed E-state index contributed by atoms with van der Waals surface area (Å²) in [4.78, 5) is 41.7. The van der Waals surface area contributed by atoms with E-state index in [1.54, 1.807) is 12.4 Å². The van der Waals surface area contributed by atoms with Crippen LogP contribution in [-0.2, 0) is 14.3 Å². The van der Waals surface area contributed by atoms with Gasteiger partial charge in [0.25, 0.3) is 0 Å². The van der Waals surface area contributed by atoms with E-state index >= 15 is 0 Å². The van der Waals surface area contributed by atoms with Crippen molar-refractivity contribution in [2.45, 2.75) is 26.4 Å². The second-order valence-corrected chi connectivity index (χ2v) is 12.2. The predicted octanol–water partition coefficient (Wildman–Crippen LogP) is 3.33. The van der Waals surface area contributed by atoms with Gasteiger partial charge in [0.15, 0.2) is 17.5 Å². The summed E-state index contributed by atoms with van der Waals surface area (Å²) in [5.74, 6) is 0.558. The maximum atomic E-state index is 12.5. The number of fused-ring (bicyclic) bond motifs is 1. The van der Waals surface area contributed by atoms with Gasteiger partial charge in [0.05, 0.1) is 29.2 Å². The number of hydrogen-bond acceptors (Lipinski definition) is 10. The molecule has 0 saturated carbocycles. The minimum Gasteiger partial charge on any atom is -0.479 e. The zero-order chi connectivity index (χ0) is 25.5. The fourth-order valence-corrected chi connectivity index (χ4v) is 5.93. The van der Waals surface area contributed by atoms with Gasteiger partial charge in [0, 0.05) is 36.1 Å². The fraction of sp³-hybridized carbons (Fsp3) is 0.458. The van der Waals surface area contributed by atoms with Crippen LogP contribution in [0.4, 0.5) is 11.1 Å². The quantitative estimate of drug-likeness (QED) is 0.425. The molecule has 2 aliphatic rings. The van der Waals surface area contributed by atoms with Gasteiger partial charge in [-0.25, -0.2) is 19.7 Å². The Morgan fingerprint density at radius 3 is 2.58 bits per heavy atom. The van der Waals surface area contributed by atoms with E-state index in [-0.39, 0.29) is 17.9 Å². The molecular formula is C24H27BrN6O4S. The molecule has 5 rings (SSSR count). The summed E-state index contributed by atoms with van der Waals surface area (Å²) >= 11 is 4.93. The van der Waals surface area contributed by atoms with Crippen LogP contribution < -0.4 is 15.0 Å². The van der Waals surface area contributed by atoms with Crippen LogP contribution in [0.2, 0.25) is 0 Å². The lowest BCUT2D eigenvalue weighted by molar-refractivity contribution is -0.157. The summed E-state index contributed by atoms with van der Waals surface area (Å²) in [6.07, 6.45) is 3.13. The SMILES string of the molecule is CC(C)(C)OC(=O)COc1cnc(N2CC3(CN(CC(=O)Nc4nc5ccc(Br)cc5s4)C3)C2)nc1. The first-order valence-corrected chi connectivity index (χ1v) is 13.2. The number of nitrogens with one attached hydrogen (secondary N) is 1. The average molecular weight is 575 g/mol. The Labute approximate surface area is 221 Å². The Balaban J connectivity index is 1.04. The molecule has 4 heterocycles. The zero-order valence-corrected chi connectivity index (χ0v) is 22.7. The highest BCUT2D eigenvalue weighted by atomic mass is 79.9. The van der Waals surface area contributed by atoms with Crippen LogP contribution in [0.25, 0.3) is 10.2 Å². The highest BCUT2D eigenvalue weighted by molar-refractivity contribution is 9.10. The second-order valence-electron chi connectivity index (χ2n) is 10.3. The Hall–Kier alpha value is -2.83. The minimum atomic E-state index is -0.552. The topological polar surface area (TPSA) is 110 Å². The number of ether oxygens (including phenoxy) is 2. The van der Waals surface area contributed by atoms with Gasteiger partial charge in [-0.1, -0.05) is 27.3 Å². The number of carbonyl (C=O) groups is 2. The fourth-order valence-electron chi connectivity index (χ4n) is 4.49. The molecule has 0 unspecified atom stereocenters. The number of hydrogen-bond donors (Lipinski definition) is 1. The monoisotopic (exact) mass is 574 g/mol. The molecule has 0 atom stereocenters. The van der Waals surface area contributed by atoms with Crippen molar-refractivity contribution in [1.82, 2.24) is 19.9 Å². The smallest absolute Gasteiger partial charge is 0.344 e. The Bertz CT molecular complexity index is 1280. The first-order valence-electron chi connectivity index (χ1n) is 11.6. The molecule has 1 N–H and O–H groups in total. The second kappa shape index (κ2) is 9.56. The number of likely N-dealkylation sites (tertiary alicyclic amines) is 1. The Kier molecular flexibility index (Phi) is 6.60. The molecule has 2 fully saturated rings. The van der Waals surface area contributed by atoms with E-state index in [1.165, 1.54) is 11.3 Å². The van der Waals surface area contributed by atoms with Gasteiger partial charge in [-0.3, -0.25) is 9.69 Å². The van der Waals surface area contributed by atoms with E-state index < -0.39 is 11.6 Å². The molecular weight excluding hydrogens is 548 g/mol. The number of aromatic nitrogens is 3. The maximum Gasteiger partial charge on any atom is 0.344 e. The van der Waals surface area contributed by atoms with Crippen LogP contribution in [0.1, 0.15) is 20.8 Å². The Morgan fingerprint density at radius 2 is 1.89 bits per heavy atom. The third kappa shape index (κ3) is 5.76. The molecule has 1 aromatic carbocycles. The lowest BCUT2D eigenvalue weighted by atomic mass is 9.73. The molecule has 0 aliphatic carbocycles. The van der Waals surface area contributed by atoms with Crippen molar-refractivity contribution in [3.05, 3.63) is 35.1 Å². The summed E-state index contributed by atoms with van der Waals surface area (Å²) in [7, 11) is 0. The number of rotatable bonds is 7. The lowest BCUT2D eigenvalue weighted by Crippen LogP contribution is -2.73. The van der Waals surface area contributed by atoms with Crippen molar-refractivity contribution in [1.29, 1.82) is 0 Å². The van der Waals surface area contributed by atoms with Gasteiger partial charge < -0.3 is 19.7 Å². The summed E-state index contributed by atoms with van der Waals surface area (Å²) in [6.45, 7) is 8.99. The lowest BCUT2D eigenvalue weighted by Gasteiger charge is -2.60. The van der Waals surface area contributed by atoms with E-state index in [4.69, 9.17) is 9.47 Å². The van der Waals surface area contributed by atoms with Crippen molar-refractivity contribution >= 4 is 60.4 Å². The van der Waals surface area contributed by atoms with E-state index in [2.05, 4.69) is 46.0 Å². The molecule has 2 aliphatic heterocycles. The van der Waals surface area contributed by atoms with Crippen LogP contribution in [0.3, 0.4) is 0 Å². The van der Waals surface area contributed by atoms with E-state index in [9.17, 15) is 9.59 Å². The molecule has 1 amide bonds. The number of halogens is 1. The number of esters is 1. The highest BCUT2D eigenvalue weighted by Gasteiger charge is 2.52. The molecule has 3 aromatic rings. The van der Waals surface area contributed by atoms with Crippen LogP contribution in [0.15, 0.2) is 35.1 Å². The summed E-state index contributed by atoms with van der Waals surface area (Å²) in [5.41, 5.74) is 0.502. The number of nitrogens with zero attached hydrogens (tertiary/aromatic N) is 5. The first kappa shape index (κ1) is 24.8. The molecule has 12 heteroatoms. The molecule has 2 saturated heterocycles. The van der Waals surface area contributed by atoms with Gasteiger partial charge in [-0.2, -0.15) is 0 Å². The minimum absolute atomic E-state index is 0.0514. The third-order valence-corrected chi connectivity index (χ3v) is 7.24. The molecule has 1 spiro atoms. The molecule has 190 valence electrons. The first-order chi connectivity index (χ1) is 17.1. The number of benzene rings is 1. The summed E-state index contributed by atoms with van der Waals surface area (Å²) in [6, 6.07) is 5.87. The van der Waals surface area contributed by atoms with Gasteiger partial charge in [-0.05, 0) is 39.0 Å². The van der Waals surface area contributed by atoms with Crippen LogP contribution in [0, 0.1) is 5.41 Å². The van der Waals surface area contributed by atoms with Gasteiger partial charge in [-0.15, -0.1) is 0 Å². The van der Waals surface area contributed by atoms with Gasteiger partial charge >= 0.3 is 5.97 Å². The predicted molar refractivity (Wildman–Crippen MR) is 140 cm³/mol. The largest absolute Gasteiger partial charge is 0.479 e. The number of carbonyl (C=O) groups excluding carboxylic acids is 2. The van der Waals surface area contributed by atoms with Crippen LogP contribution in [0.5, 0.6) is 5.75 Å². The molecule has 0 bridgehead atoms. The molecule has 0 radical (unpaired) electrons. The summed E-state index contributed by atoms with van der Waals surface area (Å²) < 4.78 is 12.7. The maximum absolute atomic E-state index is 12.5.